The quantitative estimate of drug-likeness (QED) is 0.159. The van der Waals surface area contributed by atoms with Crippen LogP contribution in [0.4, 0.5) is 0 Å². The predicted molar refractivity (Wildman–Crippen MR) is 299 cm³/mol. The summed E-state index contributed by atoms with van der Waals surface area (Å²) in [5, 5.41) is 8.69. The lowest BCUT2D eigenvalue weighted by molar-refractivity contribution is 0.668. The summed E-state index contributed by atoms with van der Waals surface area (Å²) in [5.41, 5.74) is 15.5. The Morgan fingerprint density at radius 2 is 0.836 bits per heavy atom. The van der Waals surface area contributed by atoms with Crippen LogP contribution in [0.5, 0.6) is 0 Å². The Morgan fingerprint density at radius 1 is 0.288 bits per heavy atom. The summed E-state index contributed by atoms with van der Waals surface area (Å²) in [6.45, 7) is 0. The molecule has 0 saturated carbocycles. The molecule has 0 spiro atoms. The Balaban J connectivity index is 0.979. The van der Waals surface area contributed by atoms with Gasteiger partial charge in [-0.05, 0) is 81.1 Å². The lowest BCUT2D eigenvalue weighted by atomic mass is 9.96. The molecule has 73 heavy (non-hydrogen) atoms. The van der Waals surface area contributed by atoms with Crippen molar-refractivity contribution >= 4 is 76.5 Å². The molecular weight excluding hydrogens is 893 g/mol. The van der Waals surface area contributed by atoms with Crippen molar-refractivity contribution in [2.45, 2.75) is 0 Å². The van der Waals surface area contributed by atoms with Crippen LogP contribution in [-0.2, 0) is 0 Å². The topological polar surface area (TPSA) is 69.9 Å². The highest BCUT2D eigenvalue weighted by atomic mass is 16.3. The van der Waals surface area contributed by atoms with E-state index in [9.17, 15) is 0 Å². The van der Waals surface area contributed by atoms with E-state index in [1.165, 1.54) is 27.1 Å². The molecule has 0 unspecified atom stereocenters. The lowest BCUT2D eigenvalue weighted by Gasteiger charge is -2.15. The molecule has 0 radical (unpaired) electrons. The summed E-state index contributed by atoms with van der Waals surface area (Å²) in [6, 6.07) is 85.3. The van der Waals surface area contributed by atoms with Gasteiger partial charge >= 0.3 is 0 Å². The van der Waals surface area contributed by atoms with Gasteiger partial charge < -0.3 is 13.4 Å². The largest absolute Gasteiger partial charge is 0.456 e. The molecule has 0 atom stereocenters. The van der Waals surface area contributed by atoms with Crippen molar-refractivity contribution in [2.24, 2.45) is 0 Å². The minimum atomic E-state index is 0.516. The van der Waals surface area contributed by atoms with Crippen LogP contribution in [-0.4, -0.2) is 19.5 Å². The molecule has 0 aliphatic rings. The number of rotatable bonds is 7. The average molecular weight is 933 g/mol. The maximum absolute atomic E-state index is 6.99. The minimum Gasteiger partial charge on any atom is -0.456 e. The van der Waals surface area contributed by atoms with Crippen molar-refractivity contribution in [3.8, 4) is 73.2 Å². The maximum Gasteiger partial charge on any atom is 0.167 e. The smallest absolute Gasteiger partial charge is 0.167 e. The molecule has 0 saturated heterocycles. The number of fused-ring (bicyclic) bond motifs is 10. The third kappa shape index (κ3) is 6.69. The Bertz CT molecular complexity index is 4650. The van der Waals surface area contributed by atoms with Crippen LogP contribution in [0.3, 0.4) is 0 Å². The van der Waals surface area contributed by atoms with Gasteiger partial charge in [0.25, 0.3) is 0 Å². The van der Waals surface area contributed by atoms with Gasteiger partial charge in [0.05, 0.1) is 22.3 Å². The fourth-order valence-corrected chi connectivity index (χ4v) is 11.0. The van der Waals surface area contributed by atoms with Gasteiger partial charge in [0.15, 0.2) is 17.5 Å². The fraction of sp³-hybridized carbons (Fsp3) is 0. The van der Waals surface area contributed by atoms with E-state index >= 15 is 0 Å². The van der Waals surface area contributed by atoms with Gasteiger partial charge in [0.1, 0.15) is 22.3 Å². The molecule has 15 rings (SSSR count). The number of benzene rings is 11. The Kier molecular flexibility index (Phi) is 9.16. The zero-order valence-corrected chi connectivity index (χ0v) is 39.2. The standard InChI is InChI=1S/C67H40N4O2/c1-3-15-41(16-4-1)43-29-33-45(34-30-43)54-39-56-62(40-59(54)71-57-26-11-9-21-49(57)55-37-47-19-7-8-20-48(47)38-58(55)71)72-61-28-14-24-52(63(56)61)66-68-65(46-35-31-44(32-36-46)42-17-5-2-6-18-42)69-67(70-66)53-25-13-23-51-50-22-10-12-27-60(50)73-64(51)53/h1-40H. The third-order valence-corrected chi connectivity index (χ3v) is 14.5. The van der Waals surface area contributed by atoms with Gasteiger partial charge in [-0.15, -0.1) is 0 Å². The molecule has 0 aliphatic heterocycles. The minimum absolute atomic E-state index is 0.516. The Labute approximate surface area is 418 Å². The highest BCUT2D eigenvalue weighted by Crippen LogP contribution is 2.45. The molecule has 340 valence electrons. The molecule has 0 aliphatic carbocycles. The summed E-state index contributed by atoms with van der Waals surface area (Å²) in [4.78, 5) is 15.9. The van der Waals surface area contributed by atoms with Gasteiger partial charge in [0.2, 0.25) is 0 Å². The summed E-state index contributed by atoms with van der Waals surface area (Å²) < 4.78 is 16.0. The van der Waals surface area contributed by atoms with Gasteiger partial charge in [-0.3, -0.25) is 0 Å². The van der Waals surface area contributed by atoms with Crippen molar-refractivity contribution < 1.29 is 8.83 Å². The van der Waals surface area contributed by atoms with Crippen LogP contribution in [0.1, 0.15) is 0 Å². The molecule has 4 aromatic heterocycles. The normalized spacial score (nSPS) is 11.8. The molecule has 11 aromatic carbocycles. The van der Waals surface area contributed by atoms with E-state index in [1.807, 2.05) is 48.5 Å². The molecular formula is C67H40N4O2. The number of nitrogens with zero attached hydrogens (tertiary/aromatic N) is 4. The number of hydrogen-bond acceptors (Lipinski definition) is 5. The van der Waals surface area contributed by atoms with Crippen LogP contribution < -0.4 is 0 Å². The molecule has 0 N–H and O–H groups in total. The zero-order valence-electron chi connectivity index (χ0n) is 39.2. The summed E-state index contributed by atoms with van der Waals surface area (Å²) in [6.07, 6.45) is 0. The molecule has 6 nitrogen and oxygen atoms in total. The van der Waals surface area contributed by atoms with Crippen LogP contribution in [0.25, 0.3) is 150 Å². The third-order valence-electron chi connectivity index (χ3n) is 14.5. The first kappa shape index (κ1) is 40.9. The SMILES string of the molecule is c1ccc(-c2ccc(-c3nc(-c4cccc5c4oc4ccccc45)nc(-c4cccc5oc6cc(-n7c8ccccc8c8cc9ccccc9cc87)c(-c7ccc(-c8ccccc8)cc7)cc6c45)n3)cc2)cc1. The van der Waals surface area contributed by atoms with Crippen LogP contribution in [0.2, 0.25) is 0 Å². The Hall–Kier alpha value is -9.91. The predicted octanol–water partition coefficient (Wildman–Crippen LogP) is 17.9. The number of aromatic nitrogens is 4. The first-order valence-corrected chi connectivity index (χ1v) is 24.6. The molecule has 6 heteroatoms. The van der Waals surface area contributed by atoms with E-state index in [2.05, 4.69) is 199 Å². The molecule has 0 bridgehead atoms. The monoisotopic (exact) mass is 932 g/mol. The Morgan fingerprint density at radius 3 is 1.59 bits per heavy atom. The zero-order chi connectivity index (χ0) is 48.0. The van der Waals surface area contributed by atoms with Crippen molar-refractivity contribution in [1.82, 2.24) is 19.5 Å². The average Bonchev–Trinajstić information content (AvgIpc) is 4.15. The highest BCUT2D eigenvalue weighted by molar-refractivity contribution is 6.17. The summed E-state index contributed by atoms with van der Waals surface area (Å²) in [5.74, 6) is 1.60. The second-order valence-electron chi connectivity index (χ2n) is 18.7. The molecule has 15 aromatic rings. The number of hydrogen-bond donors (Lipinski definition) is 0. The van der Waals surface area contributed by atoms with E-state index in [-0.39, 0.29) is 0 Å². The lowest BCUT2D eigenvalue weighted by Crippen LogP contribution is -2.01. The van der Waals surface area contributed by atoms with Gasteiger partial charge in [0, 0.05) is 55.1 Å². The van der Waals surface area contributed by atoms with Crippen LogP contribution in [0.15, 0.2) is 251 Å². The first-order chi connectivity index (χ1) is 36.2. The van der Waals surface area contributed by atoms with E-state index in [0.29, 0.717) is 17.5 Å². The number of para-hydroxylation sites is 3. The second kappa shape index (κ2) is 16.3. The van der Waals surface area contributed by atoms with E-state index in [1.54, 1.807) is 0 Å². The molecule has 0 fully saturated rings. The molecule has 0 amide bonds. The van der Waals surface area contributed by atoms with Gasteiger partial charge in [-0.2, -0.15) is 0 Å². The van der Waals surface area contributed by atoms with Crippen molar-refractivity contribution in [3.63, 3.8) is 0 Å². The maximum atomic E-state index is 6.99. The van der Waals surface area contributed by atoms with Gasteiger partial charge in [-0.25, -0.2) is 15.0 Å². The van der Waals surface area contributed by atoms with E-state index in [0.717, 1.165) is 105 Å². The summed E-state index contributed by atoms with van der Waals surface area (Å²) >= 11 is 0. The van der Waals surface area contributed by atoms with Crippen LogP contribution >= 0.6 is 0 Å². The van der Waals surface area contributed by atoms with Crippen LogP contribution in [0, 0.1) is 0 Å². The van der Waals surface area contributed by atoms with Gasteiger partial charge in [-0.1, -0.05) is 194 Å². The van der Waals surface area contributed by atoms with E-state index < -0.39 is 0 Å². The van der Waals surface area contributed by atoms with E-state index in [4.69, 9.17) is 23.8 Å². The second-order valence-corrected chi connectivity index (χ2v) is 18.7. The number of furan rings is 2. The van der Waals surface area contributed by atoms with Crippen molar-refractivity contribution in [2.75, 3.05) is 0 Å². The summed E-state index contributed by atoms with van der Waals surface area (Å²) in [7, 11) is 0. The molecule has 4 heterocycles. The first-order valence-electron chi connectivity index (χ1n) is 24.6. The highest BCUT2D eigenvalue weighted by Gasteiger charge is 2.24. The van der Waals surface area contributed by atoms with Crippen molar-refractivity contribution in [1.29, 1.82) is 0 Å². The van der Waals surface area contributed by atoms with Crippen molar-refractivity contribution in [3.05, 3.63) is 243 Å². The fourth-order valence-electron chi connectivity index (χ4n) is 11.0.